The van der Waals surface area contributed by atoms with Gasteiger partial charge < -0.3 is 20.9 Å². The van der Waals surface area contributed by atoms with E-state index in [0.29, 0.717) is 13.0 Å². The van der Waals surface area contributed by atoms with Crippen LogP contribution in [0, 0.1) is 6.92 Å². The Balaban J connectivity index is 1.69. The van der Waals surface area contributed by atoms with E-state index in [-0.39, 0.29) is 12.6 Å². The first kappa shape index (κ1) is 16.3. The van der Waals surface area contributed by atoms with Gasteiger partial charge in [-0.05, 0) is 43.2 Å². The second-order valence-electron chi connectivity index (χ2n) is 5.44. The van der Waals surface area contributed by atoms with Crippen LogP contribution in [0.3, 0.4) is 0 Å². The number of aliphatic hydroxyl groups excluding tert-OH is 1. The summed E-state index contributed by atoms with van der Waals surface area (Å²) in [7, 11) is 0. The van der Waals surface area contributed by atoms with Crippen molar-refractivity contribution >= 4 is 5.69 Å². The van der Waals surface area contributed by atoms with Crippen LogP contribution >= 0.6 is 0 Å². The molecule has 0 aliphatic heterocycles. The fourth-order valence-corrected chi connectivity index (χ4v) is 2.15. The van der Waals surface area contributed by atoms with Gasteiger partial charge in [-0.25, -0.2) is 0 Å². The predicted octanol–water partition coefficient (Wildman–Crippen LogP) is 2.56. The summed E-state index contributed by atoms with van der Waals surface area (Å²) in [5.41, 5.74) is 8.29. The highest BCUT2D eigenvalue weighted by Gasteiger charge is 2.15. The molecule has 0 heterocycles. The van der Waals surface area contributed by atoms with Crippen molar-refractivity contribution in [2.45, 2.75) is 25.5 Å². The van der Waals surface area contributed by atoms with Crippen LogP contribution in [0.5, 0.6) is 5.75 Å². The van der Waals surface area contributed by atoms with E-state index in [9.17, 15) is 5.11 Å². The van der Waals surface area contributed by atoms with Gasteiger partial charge in [0.25, 0.3) is 0 Å². The monoisotopic (exact) mass is 300 g/mol. The average molecular weight is 300 g/mol. The van der Waals surface area contributed by atoms with Gasteiger partial charge in [0.05, 0.1) is 0 Å². The molecule has 0 fully saturated rings. The number of hydrogen-bond acceptors (Lipinski definition) is 4. The number of hydrogen-bond donors (Lipinski definition) is 3. The molecule has 0 spiro atoms. The van der Waals surface area contributed by atoms with Crippen molar-refractivity contribution in [3.8, 4) is 5.75 Å². The Bertz CT molecular complexity index is 560. The largest absolute Gasteiger partial charge is 0.491 e. The van der Waals surface area contributed by atoms with Gasteiger partial charge in [-0.2, -0.15) is 0 Å². The van der Waals surface area contributed by atoms with Gasteiger partial charge in [0, 0.05) is 18.3 Å². The molecule has 0 bridgehead atoms. The zero-order valence-electron chi connectivity index (χ0n) is 12.9. The lowest BCUT2D eigenvalue weighted by Crippen LogP contribution is -2.40. The van der Waals surface area contributed by atoms with Crippen molar-refractivity contribution < 1.29 is 9.84 Å². The topological polar surface area (TPSA) is 67.5 Å². The minimum atomic E-state index is -0.681. The number of nitrogens with two attached hydrogens (primary N) is 1. The zero-order valence-corrected chi connectivity index (χ0v) is 12.9. The molecule has 4 heteroatoms. The summed E-state index contributed by atoms with van der Waals surface area (Å²) in [6, 6.07) is 17.3. The quantitative estimate of drug-likeness (QED) is 0.701. The Hall–Kier alpha value is -2.04. The molecule has 2 aromatic rings. The van der Waals surface area contributed by atoms with Crippen molar-refractivity contribution in [2.75, 3.05) is 18.5 Å². The fourth-order valence-electron chi connectivity index (χ4n) is 2.15. The van der Waals surface area contributed by atoms with Crippen molar-refractivity contribution in [1.29, 1.82) is 0 Å². The maximum atomic E-state index is 10.0. The summed E-state index contributed by atoms with van der Waals surface area (Å²) < 4.78 is 5.52. The van der Waals surface area contributed by atoms with E-state index in [1.54, 1.807) is 0 Å². The van der Waals surface area contributed by atoms with Crippen molar-refractivity contribution in [1.82, 2.24) is 0 Å². The maximum absolute atomic E-state index is 10.0. The van der Waals surface area contributed by atoms with Crippen LogP contribution in [-0.4, -0.2) is 30.4 Å². The Morgan fingerprint density at radius 2 is 1.91 bits per heavy atom. The molecule has 0 saturated heterocycles. The van der Waals surface area contributed by atoms with Gasteiger partial charge in [0.2, 0.25) is 0 Å². The number of anilines is 1. The lowest BCUT2D eigenvalue weighted by Gasteiger charge is -2.19. The summed E-state index contributed by atoms with van der Waals surface area (Å²) in [6.07, 6.45) is -0.00714. The highest BCUT2D eigenvalue weighted by atomic mass is 16.5. The van der Waals surface area contributed by atoms with Gasteiger partial charge in [0.15, 0.2) is 0 Å². The number of aryl methyl sites for hydroxylation is 1. The summed E-state index contributed by atoms with van der Waals surface area (Å²) in [4.78, 5) is 0. The molecular weight excluding hydrogens is 276 g/mol. The third-order valence-corrected chi connectivity index (χ3v) is 3.48. The highest BCUT2D eigenvalue weighted by molar-refractivity contribution is 5.45. The molecule has 22 heavy (non-hydrogen) atoms. The molecule has 0 aliphatic rings. The fraction of sp³-hybridized carbons (Fsp3) is 0.333. The van der Waals surface area contributed by atoms with E-state index >= 15 is 0 Å². The van der Waals surface area contributed by atoms with Crippen LogP contribution < -0.4 is 15.8 Å². The molecule has 118 valence electrons. The zero-order chi connectivity index (χ0) is 15.8. The van der Waals surface area contributed by atoms with Crippen molar-refractivity contribution in [3.05, 3.63) is 60.2 Å². The molecule has 0 aliphatic carbocycles. The molecule has 0 radical (unpaired) electrons. The molecular formula is C18H24N2O2. The van der Waals surface area contributed by atoms with E-state index in [2.05, 4.69) is 24.4 Å². The first-order valence-corrected chi connectivity index (χ1v) is 7.57. The molecule has 0 saturated carbocycles. The van der Waals surface area contributed by atoms with Gasteiger partial charge >= 0.3 is 0 Å². The van der Waals surface area contributed by atoms with Crippen LogP contribution in [-0.2, 0) is 0 Å². The number of benzene rings is 2. The number of rotatable bonds is 8. The average Bonchev–Trinajstić information content (AvgIpc) is 2.53. The standard InChI is InChI=1S/C18H24N2O2/c1-14-6-5-7-15(12-14)20-11-10-17(19)18(21)13-22-16-8-3-2-4-9-16/h2-9,12,17-18,20-21H,10-11,13,19H2,1H3. The first-order valence-electron chi connectivity index (χ1n) is 7.57. The van der Waals surface area contributed by atoms with Crippen molar-refractivity contribution in [2.24, 2.45) is 5.73 Å². The van der Waals surface area contributed by atoms with Gasteiger partial charge in [-0.1, -0.05) is 30.3 Å². The third kappa shape index (κ3) is 5.39. The second kappa shape index (κ2) is 8.41. The highest BCUT2D eigenvalue weighted by Crippen LogP contribution is 2.11. The van der Waals surface area contributed by atoms with Crippen LogP contribution in [0.1, 0.15) is 12.0 Å². The normalized spacial score (nSPS) is 13.4. The lowest BCUT2D eigenvalue weighted by molar-refractivity contribution is 0.0836. The summed E-state index contributed by atoms with van der Waals surface area (Å²) in [6.45, 7) is 2.98. The SMILES string of the molecule is Cc1cccc(NCCC(N)C(O)COc2ccccc2)c1. The Morgan fingerprint density at radius 3 is 2.64 bits per heavy atom. The van der Waals surface area contributed by atoms with Crippen molar-refractivity contribution in [3.63, 3.8) is 0 Å². The van der Waals surface area contributed by atoms with E-state index in [1.165, 1.54) is 5.56 Å². The van der Waals surface area contributed by atoms with Gasteiger partial charge in [0.1, 0.15) is 18.5 Å². The van der Waals surface area contributed by atoms with Crippen LogP contribution in [0.2, 0.25) is 0 Å². The number of para-hydroxylation sites is 1. The summed E-state index contributed by atoms with van der Waals surface area (Å²) >= 11 is 0. The molecule has 4 nitrogen and oxygen atoms in total. The van der Waals surface area contributed by atoms with E-state index in [0.717, 1.165) is 11.4 Å². The Kier molecular flexibility index (Phi) is 6.25. The molecule has 2 rings (SSSR count). The molecule has 2 atom stereocenters. The van der Waals surface area contributed by atoms with Gasteiger partial charge in [-0.15, -0.1) is 0 Å². The second-order valence-corrected chi connectivity index (χ2v) is 5.44. The third-order valence-electron chi connectivity index (χ3n) is 3.48. The van der Waals surface area contributed by atoms with Crippen LogP contribution in [0.4, 0.5) is 5.69 Å². The van der Waals surface area contributed by atoms with Crippen LogP contribution in [0.15, 0.2) is 54.6 Å². The van der Waals surface area contributed by atoms with E-state index < -0.39 is 6.10 Å². The number of ether oxygens (including phenoxy) is 1. The molecule has 2 aromatic carbocycles. The number of nitrogens with one attached hydrogen (secondary N) is 1. The molecule has 4 N–H and O–H groups in total. The Morgan fingerprint density at radius 1 is 1.14 bits per heavy atom. The number of aliphatic hydroxyl groups is 1. The molecule has 0 aromatic heterocycles. The minimum absolute atomic E-state index is 0.204. The van der Waals surface area contributed by atoms with Gasteiger partial charge in [-0.3, -0.25) is 0 Å². The first-order chi connectivity index (χ1) is 10.6. The van der Waals surface area contributed by atoms with Crippen LogP contribution in [0.25, 0.3) is 0 Å². The maximum Gasteiger partial charge on any atom is 0.119 e. The Labute approximate surface area is 131 Å². The molecule has 2 unspecified atom stereocenters. The predicted molar refractivity (Wildman–Crippen MR) is 90.2 cm³/mol. The minimum Gasteiger partial charge on any atom is -0.491 e. The lowest BCUT2D eigenvalue weighted by atomic mass is 10.1. The summed E-state index contributed by atoms with van der Waals surface area (Å²) in [5.74, 6) is 0.742. The smallest absolute Gasteiger partial charge is 0.119 e. The molecule has 0 amide bonds. The summed E-state index contributed by atoms with van der Waals surface area (Å²) in [5, 5.41) is 13.4. The van der Waals surface area contributed by atoms with E-state index in [4.69, 9.17) is 10.5 Å². The van der Waals surface area contributed by atoms with E-state index in [1.807, 2.05) is 42.5 Å².